The lowest BCUT2D eigenvalue weighted by molar-refractivity contribution is -0.121. The Balaban J connectivity index is 2.08. The van der Waals surface area contributed by atoms with Crippen molar-refractivity contribution in [1.82, 2.24) is 9.62 Å². The number of rotatable bonds is 7. The molecular weight excluding hydrogens is 348 g/mol. The number of hydrogen-bond acceptors (Lipinski definition) is 3. The van der Waals surface area contributed by atoms with E-state index in [1.807, 2.05) is 45.0 Å². The predicted molar refractivity (Wildman–Crippen MR) is 103 cm³/mol. The molecule has 140 valence electrons. The van der Waals surface area contributed by atoms with Crippen molar-refractivity contribution in [3.8, 4) is 0 Å². The van der Waals surface area contributed by atoms with Gasteiger partial charge < -0.3 is 5.32 Å². The third-order valence-corrected chi connectivity index (χ3v) is 6.22. The van der Waals surface area contributed by atoms with E-state index in [0.29, 0.717) is 0 Å². The molecule has 0 saturated heterocycles. The summed E-state index contributed by atoms with van der Waals surface area (Å²) < 4.78 is 26.3. The Morgan fingerprint density at radius 1 is 1.08 bits per heavy atom. The number of carbonyl (C=O) groups excluding carboxylic acids is 1. The molecule has 5 nitrogen and oxygen atoms in total. The Morgan fingerprint density at radius 2 is 1.69 bits per heavy atom. The van der Waals surface area contributed by atoms with E-state index in [4.69, 9.17) is 0 Å². The quantitative estimate of drug-likeness (QED) is 0.809. The van der Waals surface area contributed by atoms with E-state index in [1.54, 1.807) is 24.3 Å². The molecule has 2 aromatic rings. The number of nitrogens with one attached hydrogen (secondary N) is 1. The monoisotopic (exact) mass is 374 g/mol. The molecule has 0 bridgehead atoms. The van der Waals surface area contributed by atoms with E-state index >= 15 is 0 Å². The van der Waals surface area contributed by atoms with Gasteiger partial charge in [0.25, 0.3) is 0 Å². The fourth-order valence-corrected chi connectivity index (χ4v) is 3.92. The molecule has 0 aliphatic heterocycles. The van der Waals surface area contributed by atoms with Gasteiger partial charge in [0.2, 0.25) is 15.9 Å². The van der Waals surface area contributed by atoms with Crippen molar-refractivity contribution in [2.75, 3.05) is 13.6 Å². The maximum Gasteiger partial charge on any atom is 0.243 e. The van der Waals surface area contributed by atoms with E-state index in [0.717, 1.165) is 27.4 Å². The largest absolute Gasteiger partial charge is 0.348 e. The van der Waals surface area contributed by atoms with Crippen molar-refractivity contribution in [2.45, 2.75) is 38.1 Å². The molecule has 1 N–H and O–H groups in total. The summed E-state index contributed by atoms with van der Waals surface area (Å²) in [6.07, 6.45) is 0.727. The summed E-state index contributed by atoms with van der Waals surface area (Å²) in [6, 6.07) is 14.3. The first-order chi connectivity index (χ1) is 12.3. The molecule has 0 saturated carbocycles. The van der Waals surface area contributed by atoms with Crippen LogP contribution in [-0.4, -0.2) is 32.2 Å². The maximum absolute atomic E-state index is 12.6. The fourth-order valence-electron chi connectivity index (χ4n) is 2.79. The number of carbonyl (C=O) groups is 1. The van der Waals surface area contributed by atoms with Crippen LogP contribution in [0.5, 0.6) is 0 Å². The van der Waals surface area contributed by atoms with Crippen LogP contribution < -0.4 is 5.32 Å². The average Bonchev–Trinajstić information content (AvgIpc) is 2.60. The third-order valence-electron chi connectivity index (χ3n) is 4.40. The van der Waals surface area contributed by atoms with Crippen molar-refractivity contribution >= 4 is 15.9 Å². The summed E-state index contributed by atoms with van der Waals surface area (Å²) >= 11 is 0. The van der Waals surface area contributed by atoms with Crippen LogP contribution in [0, 0.1) is 13.8 Å². The Kier molecular flexibility index (Phi) is 6.56. The van der Waals surface area contributed by atoms with Gasteiger partial charge in [-0.1, -0.05) is 48.9 Å². The number of amides is 1. The molecule has 1 atom stereocenters. The Bertz CT molecular complexity index is 861. The van der Waals surface area contributed by atoms with Gasteiger partial charge in [-0.15, -0.1) is 0 Å². The number of hydrogen-bond donors (Lipinski definition) is 1. The first-order valence-corrected chi connectivity index (χ1v) is 10.1. The van der Waals surface area contributed by atoms with Gasteiger partial charge in [-0.05, 0) is 43.5 Å². The normalized spacial score (nSPS) is 12.8. The molecule has 2 rings (SSSR count). The molecule has 0 fully saturated rings. The minimum atomic E-state index is -3.69. The second-order valence-electron chi connectivity index (χ2n) is 6.46. The topological polar surface area (TPSA) is 66.5 Å². The van der Waals surface area contributed by atoms with Gasteiger partial charge in [-0.2, -0.15) is 4.31 Å². The maximum atomic E-state index is 12.6. The van der Waals surface area contributed by atoms with Crippen molar-refractivity contribution in [1.29, 1.82) is 0 Å². The molecular formula is C20H26N2O3S. The standard InChI is InChI=1S/C20H26N2O3S/c1-5-19(18-9-7-6-8-16(18)3)21-20(23)14-22(4)26(24,25)17-12-10-15(2)11-13-17/h6-13,19H,5,14H2,1-4H3,(H,21,23)/t19-/m0/s1. The lowest BCUT2D eigenvalue weighted by Gasteiger charge is -2.22. The molecule has 0 heterocycles. The highest BCUT2D eigenvalue weighted by Gasteiger charge is 2.24. The van der Waals surface area contributed by atoms with Crippen LogP contribution in [0.4, 0.5) is 0 Å². The molecule has 0 aliphatic carbocycles. The van der Waals surface area contributed by atoms with Crippen LogP contribution in [-0.2, 0) is 14.8 Å². The van der Waals surface area contributed by atoms with Crippen molar-refractivity contribution in [2.24, 2.45) is 0 Å². The molecule has 6 heteroatoms. The first-order valence-electron chi connectivity index (χ1n) is 8.63. The summed E-state index contributed by atoms with van der Waals surface area (Å²) in [5, 5.41) is 2.94. The minimum Gasteiger partial charge on any atom is -0.348 e. The molecule has 0 unspecified atom stereocenters. The summed E-state index contributed by atoms with van der Waals surface area (Å²) in [5.74, 6) is -0.321. The summed E-state index contributed by atoms with van der Waals surface area (Å²) in [5.41, 5.74) is 3.13. The second kappa shape index (κ2) is 8.47. The smallest absolute Gasteiger partial charge is 0.243 e. The van der Waals surface area contributed by atoms with Gasteiger partial charge in [-0.25, -0.2) is 8.42 Å². The number of benzene rings is 2. The molecule has 26 heavy (non-hydrogen) atoms. The second-order valence-corrected chi connectivity index (χ2v) is 8.50. The molecule has 0 aliphatic rings. The van der Waals surface area contributed by atoms with Crippen LogP contribution in [0.25, 0.3) is 0 Å². The predicted octanol–water partition coefficient (Wildman–Crippen LogP) is 3.19. The molecule has 0 spiro atoms. The van der Waals surface area contributed by atoms with E-state index in [2.05, 4.69) is 5.32 Å². The lowest BCUT2D eigenvalue weighted by atomic mass is 9.99. The third kappa shape index (κ3) is 4.71. The van der Waals surface area contributed by atoms with Crippen molar-refractivity contribution in [3.05, 3.63) is 65.2 Å². The number of likely N-dealkylation sites (N-methyl/N-ethyl adjacent to an activating group) is 1. The molecule has 1 amide bonds. The number of aryl methyl sites for hydroxylation is 2. The van der Waals surface area contributed by atoms with Gasteiger partial charge in [-0.3, -0.25) is 4.79 Å². The first kappa shape index (κ1) is 20.1. The highest BCUT2D eigenvalue weighted by molar-refractivity contribution is 7.89. The molecule has 0 radical (unpaired) electrons. The van der Waals surface area contributed by atoms with E-state index in [1.165, 1.54) is 7.05 Å². The van der Waals surface area contributed by atoms with Gasteiger partial charge in [0.15, 0.2) is 0 Å². The van der Waals surface area contributed by atoms with Crippen molar-refractivity contribution in [3.63, 3.8) is 0 Å². The number of sulfonamides is 1. The fraction of sp³-hybridized carbons (Fsp3) is 0.350. The highest BCUT2D eigenvalue weighted by Crippen LogP contribution is 2.20. The minimum absolute atomic E-state index is 0.140. The zero-order valence-corrected chi connectivity index (χ0v) is 16.5. The zero-order chi connectivity index (χ0) is 19.3. The number of nitrogens with zero attached hydrogens (tertiary/aromatic N) is 1. The summed E-state index contributed by atoms with van der Waals surface area (Å²) in [4.78, 5) is 12.6. The van der Waals surface area contributed by atoms with E-state index < -0.39 is 10.0 Å². The van der Waals surface area contributed by atoms with E-state index in [-0.39, 0.29) is 23.4 Å². The average molecular weight is 375 g/mol. The van der Waals surface area contributed by atoms with Crippen LogP contribution in [0.1, 0.15) is 36.1 Å². The van der Waals surface area contributed by atoms with Crippen molar-refractivity contribution < 1.29 is 13.2 Å². The van der Waals surface area contributed by atoms with E-state index in [9.17, 15) is 13.2 Å². The van der Waals surface area contributed by atoms with Crippen LogP contribution >= 0.6 is 0 Å². The van der Waals surface area contributed by atoms with Gasteiger partial charge in [0.05, 0.1) is 17.5 Å². The SMILES string of the molecule is CC[C@H](NC(=O)CN(C)S(=O)(=O)c1ccc(C)cc1)c1ccccc1C. The Labute approximate surface area is 156 Å². The van der Waals surface area contributed by atoms with Gasteiger partial charge in [0, 0.05) is 7.05 Å². The van der Waals surface area contributed by atoms with Crippen LogP contribution in [0.3, 0.4) is 0 Å². The van der Waals surface area contributed by atoms with Crippen LogP contribution in [0.15, 0.2) is 53.4 Å². The highest BCUT2D eigenvalue weighted by atomic mass is 32.2. The summed E-state index contributed by atoms with van der Waals surface area (Å²) in [6.45, 7) is 5.66. The Hall–Kier alpha value is -2.18. The van der Waals surface area contributed by atoms with Gasteiger partial charge in [0.1, 0.15) is 0 Å². The zero-order valence-electron chi connectivity index (χ0n) is 15.7. The molecule has 0 aromatic heterocycles. The summed E-state index contributed by atoms with van der Waals surface area (Å²) in [7, 11) is -2.27. The lowest BCUT2D eigenvalue weighted by Crippen LogP contribution is -2.39. The van der Waals surface area contributed by atoms with Gasteiger partial charge >= 0.3 is 0 Å². The molecule has 2 aromatic carbocycles. The Morgan fingerprint density at radius 3 is 2.27 bits per heavy atom. The van der Waals surface area contributed by atoms with Crippen LogP contribution in [0.2, 0.25) is 0 Å².